The predicted molar refractivity (Wildman–Crippen MR) is 85.1 cm³/mol. The van der Waals surface area contributed by atoms with Gasteiger partial charge in [-0.1, -0.05) is 26.7 Å². The third-order valence-corrected chi connectivity index (χ3v) is 4.27. The Hall–Kier alpha value is -0.770. The molecule has 0 aliphatic carbocycles. The number of urea groups is 1. The van der Waals surface area contributed by atoms with Crippen molar-refractivity contribution in [2.75, 3.05) is 32.7 Å². The Balaban J connectivity index is 2.20. The van der Waals surface area contributed by atoms with E-state index in [-0.39, 0.29) is 12.1 Å². The Morgan fingerprint density at radius 1 is 1.15 bits per heavy atom. The van der Waals surface area contributed by atoms with Crippen molar-refractivity contribution in [2.45, 2.75) is 65.3 Å². The van der Waals surface area contributed by atoms with Gasteiger partial charge in [-0.05, 0) is 52.2 Å². The van der Waals surface area contributed by atoms with Crippen LogP contribution in [0.5, 0.6) is 0 Å². The molecule has 1 N–H and O–H groups in total. The van der Waals surface area contributed by atoms with Crippen LogP contribution in [0.3, 0.4) is 0 Å². The fourth-order valence-electron chi connectivity index (χ4n) is 2.81. The van der Waals surface area contributed by atoms with E-state index >= 15 is 0 Å². The van der Waals surface area contributed by atoms with E-state index in [4.69, 9.17) is 0 Å². The van der Waals surface area contributed by atoms with Gasteiger partial charge in [0.15, 0.2) is 0 Å². The van der Waals surface area contributed by atoms with E-state index in [9.17, 15) is 4.79 Å². The lowest BCUT2D eigenvalue weighted by Gasteiger charge is -2.24. The summed E-state index contributed by atoms with van der Waals surface area (Å²) in [5.41, 5.74) is 0. The van der Waals surface area contributed by atoms with Crippen molar-refractivity contribution in [3.05, 3.63) is 0 Å². The van der Waals surface area contributed by atoms with Gasteiger partial charge in [0.2, 0.25) is 0 Å². The van der Waals surface area contributed by atoms with Crippen molar-refractivity contribution in [2.24, 2.45) is 0 Å². The molecule has 1 fully saturated rings. The molecule has 4 heteroatoms. The summed E-state index contributed by atoms with van der Waals surface area (Å²) in [5, 5.41) is 3.16. The lowest BCUT2D eigenvalue weighted by molar-refractivity contribution is 0.195. The Bertz CT molecular complexity index is 258. The topological polar surface area (TPSA) is 35.6 Å². The van der Waals surface area contributed by atoms with Crippen LogP contribution in [-0.4, -0.2) is 54.6 Å². The van der Waals surface area contributed by atoms with Crippen LogP contribution in [-0.2, 0) is 0 Å². The van der Waals surface area contributed by atoms with Crippen molar-refractivity contribution < 1.29 is 4.79 Å². The number of nitrogens with one attached hydrogen (secondary N) is 1. The van der Waals surface area contributed by atoms with Gasteiger partial charge in [-0.2, -0.15) is 0 Å². The molecule has 1 aliphatic rings. The van der Waals surface area contributed by atoms with Crippen molar-refractivity contribution in [3.63, 3.8) is 0 Å². The molecule has 20 heavy (non-hydrogen) atoms. The standard InChI is InChI=1S/C16H33N3O/c1-4-18(5-2)12-10-11-15(3)17-16(20)19-13-8-6-7-9-14-19/h15H,4-14H2,1-3H3,(H,17,20). The number of likely N-dealkylation sites (tertiary alicyclic amines) is 1. The summed E-state index contributed by atoms with van der Waals surface area (Å²) < 4.78 is 0. The van der Waals surface area contributed by atoms with Gasteiger partial charge in [-0.3, -0.25) is 0 Å². The monoisotopic (exact) mass is 283 g/mol. The highest BCUT2D eigenvalue weighted by Gasteiger charge is 2.16. The second kappa shape index (κ2) is 10.0. The van der Waals surface area contributed by atoms with E-state index < -0.39 is 0 Å². The van der Waals surface area contributed by atoms with Gasteiger partial charge >= 0.3 is 6.03 Å². The maximum atomic E-state index is 12.2. The van der Waals surface area contributed by atoms with Crippen molar-refractivity contribution >= 4 is 6.03 Å². The molecule has 0 radical (unpaired) electrons. The Kier molecular flexibility index (Phi) is 8.67. The molecule has 0 aromatic carbocycles. The summed E-state index contributed by atoms with van der Waals surface area (Å²) >= 11 is 0. The number of rotatable bonds is 7. The average molecular weight is 283 g/mol. The van der Waals surface area contributed by atoms with E-state index in [1.807, 2.05) is 4.90 Å². The number of carbonyl (C=O) groups excluding carboxylic acids is 1. The fraction of sp³-hybridized carbons (Fsp3) is 0.938. The van der Waals surface area contributed by atoms with Gasteiger partial charge in [0.1, 0.15) is 0 Å². The minimum absolute atomic E-state index is 0.141. The van der Waals surface area contributed by atoms with Crippen LogP contribution >= 0.6 is 0 Å². The molecule has 1 heterocycles. The van der Waals surface area contributed by atoms with Crippen molar-refractivity contribution in [3.8, 4) is 0 Å². The van der Waals surface area contributed by atoms with E-state index in [0.717, 1.165) is 58.4 Å². The Morgan fingerprint density at radius 2 is 1.75 bits per heavy atom. The van der Waals surface area contributed by atoms with E-state index in [1.54, 1.807) is 0 Å². The Morgan fingerprint density at radius 3 is 2.30 bits per heavy atom. The lowest BCUT2D eigenvalue weighted by Crippen LogP contribution is -2.44. The summed E-state index contributed by atoms with van der Waals surface area (Å²) in [5.74, 6) is 0. The quantitative estimate of drug-likeness (QED) is 0.779. The van der Waals surface area contributed by atoms with Gasteiger partial charge in [-0.15, -0.1) is 0 Å². The molecule has 1 atom stereocenters. The number of nitrogens with zero attached hydrogens (tertiary/aromatic N) is 2. The maximum absolute atomic E-state index is 12.2. The Labute approximate surface area is 124 Å². The lowest BCUT2D eigenvalue weighted by atomic mass is 10.2. The number of carbonyl (C=O) groups is 1. The van der Waals surface area contributed by atoms with Crippen LogP contribution in [0.1, 0.15) is 59.3 Å². The normalized spacial score (nSPS) is 17.9. The highest BCUT2D eigenvalue weighted by Crippen LogP contribution is 2.10. The fourth-order valence-corrected chi connectivity index (χ4v) is 2.81. The zero-order valence-corrected chi connectivity index (χ0v) is 13.7. The first-order chi connectivity index (χ1) is 9.67. The summed E-state index contributed by atoms with van der Waals surface area (Å²) in [6, 6.07) is 0.420. The minimum atomic E-state index is 0.141. The third-order valence-electron chi connectivity index (χ3n) is 4.27. The minimum Gasteiger partial charge on any atom is -0.336 e. The SMILES string of the molecule is CCN(CC)CCCC(C)NC(=O)N1CCCCCC1. The second-order valence-electron chi connectivity index (χ2n) is 5.92. The van der Waals surface area contributed by atoms with Crippen molar-refractivity contribution in [1.82, 2.24) is 15.1 Å². The van der Waals surface area contributed by atoms with Crippen LogP contribution in [0.15, 0.2) is 0 Å². The third kappa shape index (κ3) is 6.60. The van der Waals surface area contributed by atoms with Crippen LogP contribution < -0.4 is 5.32 Å². The van der Waals surface area contributed by atoms with Crippen molar-refractivity contribution in [1.29, 1.82) is 0 Å². The highest BCUT2D eigenvalue weighted by atomic mass is 16.2. The molecular weight excluding hydrogens is 250 g/mol. The van der Waals surface area contributed by atoms with Crippen LogP contribution in [0, 0.1) is 0 Å². The summed E-state index contributed by atoms with van der Waals surface area (Å²) in [6.07, 6.45) is 7.07. The predicted octanol–water partition coefficient (Wildman–Crippen LogP) is 3.08. The van der Waals surface area contributed by atoms with Gasteiger partial charge in [-0.25, -0.2) is 4.79 Å². The molecule has 4 nitrogen and oxygen atoms in total. The van der Waals surface area contributed by atoms with Crippen LogP contribution in [0.4, 0.5) is 4.79 Å². The van der Waals surface area contributed by atoms with Crippen LogP contribution in [0.25, 0.3) is 0 Å². The zero-order chi connectivity index (χ0) is 14.8. The molecule has 1 aliphatic heterocycles. The first kappa shape index (κ1) is 17.3. The number of amides is 2. The van der Waals surface area contributed by atoms with E-state index in [0.29, 0.717) is 0 Å². The van der Waals surface area contributed by atoms with Gasteiger partial charge < -0.3 is 15.1 Å². The first-order valence-corrected chi connectivity index (χ1v) is 8.45. The average Bonchev–Trinajstić information content (AvgIpc) is 2.72. The second-order valence-corrected chi connectivity index (χ2v) is 5.92. The highest BCUT2D eigenvalue weighted by molar-refractivity contribution is 5.74. The number of hydrogen-bond donors (Lipinski definition) is 1. The molecule has 1 rings (SSSR count). The molecule has 2 amide bonds. The zero-order valence-electron chi connectivity index (χ0n) is 13.7. The molecular formula is C16H33N3O. The summed E-state index contributed by atoms with van der Waals surface area (Å²) in [7, 11) is 0. The smallest absolute Gasteiger partial charge is 0.317 e. The summed E-state index contributed by atoms with van der Waals surface area (Å²) in [6.45, 7) is 11.8. The van der Waals surface area contributed by atoms with E-state index in [1.165, 1.54) is 12.8 Å². The first-order valence-electron chi connectivity index (χ1n) is 8.45. The van der Waals surface area contributed by atoms with Crippen LogP contribution in [0.2, 0.25) is 0 Å². The molecule has 0 saturated carbocycles. The van der Waals surface area contributed by atoms with Gasteiger partial charge in [0, 0.05) is 19.1 Å². The number of hydrogen-bond acceptors (Lipinski definition) is 2. The molecule has 0 bridgehead atoms. The molecule has 0 aromatic rings. The molecule has 118 valence electrons. The summed E-state index contributed by atoms with van der Waals surface area (Å²) in [4.78, 5) is 16.6. The molecule has 0 aromatic heterocycles. The molecule has 1 unspecified atom stereocenters. The maximum Gasteiger partial charge on any atom is 0.317 e. The van der Waals surface area contributed by atoms with Gasteiger partial charge in [0.25, 0.3) is 0 Å². The van der Waals surface area contributed by atoms with Gasteiger partial charge in [0.05, 0.1) is 0 Å². The van der Waals surface area contributed by atoms with E-state index in [2.05, 4.69) is 31.0 Å². The molecule has 1 saturated heterocycles. The molecule has 0 spiro atoms. The largest absolute Gasteiger partial charge is 0.336 e.